The van der Waals surface area contributed by atoms with Crippen molar-refractivity contribution in [2.75, 3.05) is 0 Å². The van der Waals surface area contributed by atoms with Gasteiger partial charge in [0.1, 0.15) is 12.1 Å². The van der Waals surface area contributed by atoms with Gasteiger partial charge in [0.25, 0.3) is 0 Å². The molecule has 0 saturated heterocycles. The maximum Gasteiger partial charge on any atom is 0.320 e. The predicted molar refractivity (Wildman–Crippen MR) is 140 cm³/mol. The van der Waals surface area contributed by atoms with Crippen LogP contribution >= 0.6 is 0 Å². The molecular formula is C28H37N3O6. The van der Waals surface area contributed by atoms with E-state index >= 15 is 0 Å². The lowest BCUT2D eigenvalue weighted by molar-refractivity contribution is -0.139. The van der Waals surface area contributed by atoms with Crippen molar-refractivity contribution in [3.63, 3.8) is 0 Å². The summed E-state index contributed by atoms with van der Waals surface area (Å²) < 4.78 is 0. The highest BCUT2D eigenvalue weighted by Gasteiger charge is 2.39. The molecule has 0 heterocycles. The van der Waals surface area contributed by atoms with Gasteiger partial charge in [0, 0.05) is 17.5 Å². The number of hydrogen-bond donors (Lipinski definition) is 5. The molecule has 0 aliphatic heterocycles. The highest BCUT2D eigenvalue weighted by atomic mass is 16.4. The number of carbonyl (C=O) groups excluding carboxylic acids is 2. The number of carbonyl (C=O) groups is 4. The van der Waals surface area contributed by atoms with Crippen molar-refractivity contribution in [2.24, 2.45) is 22.6 Å². The summed E-state index contributed by atoms with van der Waals surface area (Å²) in [6.07, 6.45) is 0.305. The molecule has 8 N–H and O–H groups in total. The first-order valence-electron chi connectivity index (χ1n) is 12.1. The average molecular weight is 512 g/mol. The molecule has 0 radical (unpaired) electrons. The van der Waals surface area contributed by atoms with Gasteiger partial charge in [-0.2, -0.15) is 0 Å². The number of nitrogens with two attached hydrogens (primary N) is 3. The number of rotatable bonds is 13. The molecule has 0 aliphatic carbocycles. The van der Waals surface area contributed by atoms with Gasteiger partial charge in [-0.1, -0.05) is 69.3 Å². The lowest BCUT2D eigenvalue weighted by Crippen LogP contribution is -2.50. The van der Waals surface area contributed by atoms with Crippen LogP contribution in [0, 0.1) is 5.41 Å². The van der Waals surface area contributed by atoms with Crippen LogP contribution in [0.5, 0.6) is 0 Å². The Morgan fingerprint density at radius 3 is 1.65 bits per heavy atom. The third-order valence-corrected chi connectivity index (χ3v) is 6.34. The van der Waals surface area contributed by atoms with E-state index in [1.165, 1.54) is 0 Å². The molecule has 0 fully saturated rings. The summed E-state index contributed by atoms with van der Waals surface area (Å²) in [7, 11) is 0. The number of carboxylic acids is 2. The monoisotopic (exact) mass is 511 g/mol. The Bertz CT molecular complexity index is 1160. The minimum absolute atomic E-state index is 0.0549. The summed E-state index contributed by atoms with van der Waals surface area (Å²) in [5.41, 5.74) is 17.8. The molecular weight excluding hydrogens is 474 g/mol. The minimum atomic E-state index is -1.59. The molecule has 2 aromatic carbocycles. The molecule has 2 aromatic rings. The molecule has 0 aromatic heterocycles. The number of hydrogen-bond acceptors (Lipinski definition) is 7. The lowest BCUT2D eigenvalue weighted by Gasteiger charge is -2.32. The van der Waals surface area contributed by atoms with Crippen molar-refractivity contribution >= 4 is 23.5 Å². The van der Waals surface area contributed by atoms with E-state index in [2.05, 4.69) is 0 Å². The molecule has 9 nitrogen and oxygen atoms in total. The molecule has 2 rings (SSSR count). The molecule has 0 amide bonds. The maximum absolute atomic E-state index is 13.9. The zero-order valence-electron chi connectivity index (χ0n) is 21.6. The van der Waals surface area contributed by atoms with E-state index in [0.29, 0.717) is 17.5 Å². The van der Waals surface area contributed by atoms with E-state index in [-0.39, 0.29) is 42.2 Å². The highest BCUT2D eigenvalue weighted by molar-refractivity contribution is 6.09. The van der Waals surface area contributed by atoms with Gasteiger partial charge in [-0.15, -0.1) is 0 Å². The van der Waals surface area contributed by atoms with Crippen molar-refractivity contribution in [3.8, 4) is 0 Å². The summed E-state index contributed by atoms with van der Waals surface area (Å²) in [6.45, 7) is 6.01. The van der Waals surface area contributed by atoms with E-state index < -0.39 is 41.1 Å². The van der Waals surface area contributed by atoms with Crippen LogP contribution in [0.25, 0.3) is 0 Å². The Balaban J connectivity index is 2.47. The summed E-state index contributed by atoms with van der Waals surface area (Å²) in [5, 5.41) is 18.5. The highest BCUT2D eigenvalue weighted by Crippen LogP contribution is 2.31. The van der Waals surface area contributed by atoms with E-state index in [4.69, 9.17) is 17.2 Å². The Morgan fingerprint density at radius 1 is 0.757 bits per heavy atom. The first-order chi connectivity index (χ1) is 17.1. The number of aliphatic carboxylic acids is 2. The van der Waals surface area contributed by atoms with Gasteiger partial charge in [-0.3, -0.25) is 19.2 Å². The van der Waals surface area contributed by atoms with Crippen molar-refractivity contribution in [3.05, 3.63) is 70.8 Å². The van der Waals surface area contributed by atoms with Crippen molar-refractivity contribution in [2.45, 2.75) is 70.5 Å². The number of Topliss-reactive ketones (excluding diaryl/α,β-unsaturated/α-hetero) is 2. The molecule has 0 saturated carbocycles. The van der Waals surface area contributed by atoms with Crippen LogP contribution in [0.2, 0.25) is 0 Å². The van der Waals surface area contributed by atoms with Crippen LogP contribution in [-0.2, 0) is 22.4 Å². The number of carboxylic acid groups (broad SMARTS) is 2. The van der Waals surface area contributed by atoms with Crippen molar-refractivity contribution in [1.29, 1.82) is 0 Å². The van der Waals surface area contributed by atoms with Crippen LogP contribution in [0.4, 0.5) is 0 Å². The zero-order chi connectivity index (χ0) is 28.0. The van der Waals surface area contributed by atoms with Gasteiger partial charge >= 0.3 is 11.9 Å². The Morgan fingerprint density at radius 2 is 1.19 bits per heavy atom. The minimum Gasteiger partial charge on any atom is -0.480 e. The molecule has 0 aliphatic rings. The first-order valence-corrected chi connectivity index (χ1v) is 12.1. The average Bonchev–Trinajstić information content (AvgIpc) is 2.82. The molecule has 9 heteroatoms. The Kier molecular flexibility index (Phi) is 9.86. The summed E-state index contributed by atoms with van der Waals surface area (Å²) in [6, 6.07) is 10.7. The Labute approximate surface area is 217 Å². The van der Waals surface area contributed by atoms with E-state index in [1.54, 1.807) is 48.5 Å². The zero-order valence-corrected chi connectivity index (χ0v) is 21.6. The summed E-state index contributed by atoms with van der Waals surface area (Å²) >= 11 is 0. The second-order valence-electron chi connectivity index (χ2n) is 10.8. The quantitative estimate of drug-likeness (QED) is 0.252. The normalized spacial score (nSPS) is 14.9. The second kappa shape index (κ2) is 12.2. The molecule has 200 valence electrons. The van der Waals surface area contributed by atoms with Gasteiger partial charge in [0.05, 0.1) is 5.54 Å². The standard InChI is InChI=1S/C28H37N3O6/c1-27(2,3)12-13-28(31,24(33)20-11-7-5-9-18(20)15-22(30)26(36)37)16-23(32)19-10-6-4-8-17(19)14-21(29)25(34)35/h4-11,21-22H,12-16,29-31H2,1-3H3,(H,34,35)(H,36,37). The van der Waals surface area contributed by atoms with E-state index in [0.717, 1.165) is 0 Å². The largest absolute Gasteiger partial charge is 0.480 e. The number of ketones is 2. The molecule has 0 bridgehead atoms. The summed E-state index contributed by atoms with van der Waals surface area (Å²) in [4.78, 5) is 50.0. The summed E-state index contributed by atoms with van der Waals surface area (Å²) in [5.74, 6) is -3.26. The molecule has 3 atom stereocenters. The maximum atomic E-state index is 13.9. The topological polar surface area (TPSA) is 187 Å². The van der Waals surface area contributed by atoms with Crippen molar-refractivity contribution < 1.29 is 29.4 Å². The lowest BCUT2D eigenvalue weighted by atomic mass is 9.75. The first kappa shape index (κ1) is 29.8. The van der Waals surface area contributed by atoms with Crippen molar-refractivity contribution in [1.82, 2.24) is 0 Å². The fourth-order valence-corrected chi connectivity index (χ4v) is 4.07. The fraction of sp³-hybridized carbons (Fsp3) is 0.429. The van der Waals surface area contributed by atoms with Crippen LogP contribution < -0.4 is 17.2 Å². The third kappa shape index (κ3) is 8.31. The van der Waals surface area contributed by atoms with Crippen LogP contribution in [0.1, 0.15) is 71.9 Å². The van der Waals surface area contributed by atoms with Gasteiger partial charge in [0.15, 0.2) is 11.6 Å². The van der Waals surface area contributed by atoms with Gasteiger partial charge < -0.3 is 27.4 Å². The predicted octanol–water partition coefficient (Wildman–Crippen LogP) is 2.57. The molecule has 0 spiro atoms. The second-order valence-corrected chi connectivity index (χ2v) is 10.8. The van der Waals surface area contributed by atoms with Crippen LogP contribution in [0.3, 0.4) is 0 Å². The van der Waals surface area contributed by atoms with Crippen LogP contribution in [-0.4, -0.2) is 51.3 Å². The Hall–Kier alpha value is -3.40. The third-order valence-electron chi connectivity index (χ3n) is 6.34. The molecule has 3 unspecified atom stereocenters. The molecule has 37 heavy (non-hydrogen) atoms. The SMILES string of the molecule is CC(C)(C)CCC(N)(CC(=O)c1ccccc1CC(N)C(=O)O)C(=O)c1ccccc1CC(N)C(=O)O. The van der Waals surface area contributed by atoms with Crippen LogP contribution in [0.15, 0.2) is 48.5 Å². The fourth-order valence-electron chi connectivity index (χ4n) is 4.07. The number of benzene rings is 2. The van der Waals surface area contributed by atoms with Gasteiger partial charge in [0.2, 0.25) is 0 Å². The van der Waals surface area contributed by atoms with E-state index in [9.17, 15) is 29.4 Å². The van der Waals surface area contributed by atoms with Gasteiger partial charge in [-0.05, 0) is 42.2 Å². The smallest absolute Gasteiger partial charge is 0.320 e. The van der Waals surface area contributed by atoms with Gasteiger partial charge in [-0.25, -0.2) is 0 Å². The van der Waals surface area contributed by atoms with E-state index in [1.807, 2.05) is 20.8 Å².